The van der Waals surface area contributed by atoms with Gasteiger partial charge in [0, 0.05) is 17.8 Å². The minimum Gasteiger partial charge on any atom is -0.354 e. The van der Waals surface area contributed by atoms with E-state index in [9.17, 15) is 10.1 Å². The Morgan fingerprint density at radius 3 is 2.53 bits per heavy atom. The van der Waals surface area contributed by atoms with E-state index in [1.807, 2.05) is 12.1 Å². The van der Waals surface area contributed by atoms with Crippen LogP contribution in [0, 0.1) is 10.1 Å². The van der Waals surface area contributed by atoms with Gasteiger partial charge in [0.05, 0.1) is 16.8 Å². The molecule has 0 radical (unpaired) electrons. The van der Waals surface area contributed by atoms with Crippen LogP contribution in [0.3, 0.4) is 0 Å². The Morgan fingerprint density at radius 1 is 1.24 bits per heavy atom. The van der Waals surface area contributed by atoms with Crippen LogP contribution in [0.2, 0.25) is 0 Å². The Labute approximate surface area is 96.9 Å². The van der Waals surface area contributed by atoms with E-state index in [4.69, 9.17) is 5.84 Å². The largest absolute Gasteiger partial charge is 0.354 e. The van der Waals surface area contributed by atoms with Gasteiger partial charge in [0.2, 0.25) is 0 Å². The first kappa shape index (κ1) is 10.9. The first-order valence-corrected chi connectivity index (χ1v) is 4.88. The van der Waals surface area contributed by atoms with E-state index in [1.165, 1.54) is 18.3 Å². The number of aromatic nitrogens is 1. The van der Waals surface area contributed by atoms with E-state index in [-0.39, 0.29) is 5.69 Å². The van der Waals surface area contributed by atoms with Gasteiger partial charge in [-0.05, 0) is 29.8 Å². The van der Waals surface area contributed by atoms with E-state index >= 15 is 0 Å². The van der Waals surface area contributed by atoms with Crippen LogP contribution in [0.4, 0.5) is 5.69 Å². The number of nitrogens with zero attached hydrogens (tertiary/aromatic N) is 2. The molecule has 1 heterocycles. The Bertz CT molecular complexity index is 557. The monoisotopic (exact) mass is 230 g/mol. The zero-order chi connectivity index (χ0) is 12.3. The predicted octanol–water partition coefficient (Wildman–Crippen LogP) is 1.88. The molecule has 2 aromatic rings. The highest BCUT2D eigenvalue weighted by Crippen LogP contribution is 2.21. The minimum atomic E-state index is -0.426. The van der Waals surface area contributed by atoms with Crippen LogP contribution in [-0.2, 0) is 0 Å². The number of non-ortho nitro benzene ring substituents is 1. The van der Waals surface area contributed by atoms with E-state index in [0.717, 1.165) is 17.0 Å². The zero-order valence-corrected chi connectivity index (χ0v) is 8.83. The van der Waals surface area contributed by atoms with Crippen molar-refractivity contribution in [3.8, 4) is 11.3 Å². The molecule has 0 aliphatic rings. The lowest BCUT2D eigenvalue weighted by Gasteiger charge is -1.97. The summed E-state index contributed by atoms with van der Waals surface area (Å²) in [5, 5.41) is 13.9. The minimum absolute atomic E-state index is 0.0732. The summed E-state index contributed by atoms with van der Waals surface area (Å²) in [6.07, 6.45) is 1.49. The number of benzene rings is 1. The normalized spacial score (nSPS) is 10.8. The van der Waals surface area contributed by atoms with Crippen molar-refractivity contribution in [2.75, 3.05) is 0 Å². The van der Waals surface area contributed by atoms with Gasteiger partial charge >= 0.3 is 0 Å². The van der Waals surface area contributed by atoms with Crippen molar-refractivity contribution in [1.82, 2.24) is 4.98 Å². The molecule has 1 aromatic heterocycles. The molecule has 0 unspecified atom stereocenters. The van der Waals surface area contributed by atoms with Gasteiger partial charge in [-0.2, -0.15) is 5.10 Å². The number of hydrazone groups is 1. The highest BCUT2D eigenvalue weighted by Gasteiger charge is 2.06. The topological polar surface area (TPSA) is 97.3 Å². The number of rotatable bonds is 3. The number of nitro benzene ring substituents is 1. The summed E-state index contributed by atoms with van der Waals surface area (Å²) in [4.78, 5) is 13.2. The van der Waals surface area contributed by atoms with Crippen LogP contribution < -0.4 is 5.84 Å². The molecule has 1 aromatic carbocycles. The molecule has 86 valence electrons. The molecule has 0 atom stereocenters. The lowest BCUT2D eigenvalue weighted by atomic mass is 10.1. The summed E-state index contributed by atoms with van der Waals surface area (Å²) in [7, 11) is 0. The molecule has 0 aliphatic carbocycles. The first-order chi connectivity index (χ1) is 8.20. The maximum atomic E-state index is 10.5. The standard InChI is InChI=1S/C11H10N4O2/c12-13-7-9-3-6-11(14-9)8-1-4-10(5-2-8)15(16)17/h1-7,14H,12H2/b13-7-. The van der Waals surface area contributed by atoms with Crippen LogP contribution in [0.15, 0.2) is 41.5 Å². The maximum Gasteiger partial charge on any atom is 0.269 e. The third kappa shape index (κ3) is 2.31. The Hall–Kier alpha value is -2.63. The Kier molecular flexibility index (Phi) is 2.87. The third-order valence-corrected chi connectivity index (χ3v) is 2.31. The van der Waals surface area contributed by atoms with Gasteiger partial charge in [0.1, 0.15) is 0 Å². The van der Waals surface area contributed by atoms with Crippen molar-refractivity contribution in [2.24, 2.45) is 10.9 Å². The Balaban J connectivity index is 2.29. The number of H-pyrrole nitrogens is 1. The van der Waals surface area contributed by atoms with E-state index < -0.39 is 4.92 Å². The van der Waals surface area contributed by atoms with E-state index in [2.05, 4.69) is 10.1 Å². The number of nitro groups is 1. The summed E-state index contributed by atoms with van der Waals surface area (Å²) < 4.78 is 0. The van der Waals surface area contributed by atoms with Crippen molar-refractivity contribution < 1.29 is 4.92 Å². The fourth-order valence-electron chi connectivity index (χ4n) is 1.50. The molecule has 0 fully saturated rings. The quantitative estimate of drug-likeness (QED) is 0.364. The average molecular weight is 230 g/mol. The lowest BCUT2D eigenvalue weighted by molar-refractivity contribution is -0.384. The van der Waals surface area contributed by atoms with Crippen LogP contribution in [0.5, 0.6) is 0 Å². The summed E-state index contributed by atoms with van der Waals surface area (Å²) >= 11 is 0. The van der Waals surface area contributed by atoms with E-state index in [0.29, 0.717) is 0 Å². The molecule has 6 nitrogen and oxygen atoms in total. The maximum absolute atomic E-state index is 10.5. The molecule has 3 N–H and O–H groups in total. The fourth-order valence-corrected chi connectivity index (χ4v) is 1.50. The van der Waals surface area contributed by atoms with Gasteiger partial charge in [-0.15, -0.1) is 0 Å². The fraction of sp³-hybridized carbons (Fsp3) is 0. The molecule has 2 rings (SSSR count). The van der Waals surface area contributed by atoms with Crippen LogP contribution >= 0.6 is 0 Å². The van der Waals surface area contributed by atoms with Gasteiger partial charge < -0.3 is 10.8 Å². The molecule has 0 spiro atoms. The molecular weight excluding hydrogens is 220 g/mol. The number of nitrogens with one attached hydrogen (secondary N) is 1. The van der Waals surface area contributed by atoms with Crippen molar-refractivity contribution >= 4 is 11.9 Å². The lowest BCUT2D eigenvalue weighted by Crippen LogP contribution is -1.88. The molecule has 0 aliphatic heterocycles. The second kappa shape index (κ2) is 4.48. The third-order valence-electron chi connectivity index (χ3n) is 2.31. The summed E-state index contributed by atoms with van der Waals surface area (Å²) in [6, 6.07) is 9.99. The Morgan fingerprint density at radius 2 is 1.94 bits per heavy atom. The van der Waals surface area contributed by atoms with Crippen molar-refractivity contribution in [3.63, 3.8) is 0 Å². The van der Waals surface area contributed by atoms with Crippen molar-refractivity contribution in [1.29, 1.82) is 0 Å². The van der Waals surface area contributed by atoms with E-state index in [1.54, 1.807) is 12.1 Å². The summed E-state index contributed by atoms with van der Waals surface area (Å²) in [5.41, 5.74) is 2.58. The van der Waals surface area contributed by atoms with Crippen LogP contribution in [-0.4, -0.2) is 16.1 Å². The molecular formula is C11H10N4O2. The summed E-state index contributed by atoms with van der Waals surface area (Å²) in [6.45, 7) is 0. The molecule has 17 heavy (non-hydrogen) atoms. The van der Waals surface area contributed by atoms with Gasteiger partial charge in [0.25, 0.3) is 5.69 Å². The highest BCUT2D eigenvalue weighted by molar-refractivity contribution is 5.79. The van der Waals surface area contributed by atoms with Crippen molar-refractivity contribution in [2.45, 2.75) is 0 Å². The highest BCUT2D eigenvalue weighted by atomic mass is 16.6. The van der Waals surface area contributed by atoms with Gasteiger partial charge in [-0.25, -0.2) is 0 Å². The number of aromatic amines is 1. The predicted molar refractivity (Wildman–Crippen MR) is 64.7 cm³/mol. The number of nitrogens with two attached hydrogens (primary N) is 1. The smallest absolute Gasteiger partial charge is 0.269 e. The molecule has 0 bridgehead atoms. The van der Waals surface area contributed by atoms with Gasteiger partial charge in [0.15, 0.2) is 0 Å². The second-order valence-corrected chi connectivity index (χ2v) is 3.41. The first-order valence-electron chi connectivity index (χ1n) is 4.88. The zero-order valence-electron chi connectivity index (χ0n) is 8.83. The second-order valence-electron chi connectivity index (χ2n) is 3.41. The van der Waals surface area contributed by atoms with Crippen molar-refractivity contribution in [3.05, 3.63) is 52.2 Å². The van der Waals surface area contributed by atoms with Gasteiger partial charge in [-0.1, -0.05) is 0 Å². The molecule has 0 saturated heterocycles. The molecule has 0 amide bonds. The van der Waals surface area contributed by atoms with Gasteiger partial charge in [-0.3, -0.25) is 10.1 Å². The number of hydrogen-bond acceptors (Lipinski definition) is 4. The SMILES string of the molecule is N/N=C\c1ccc(-c2ccc([N+](=O)[O-])cc2)[nH]1. The average Bonchev–Trinajstić information content (AvgIpc) is 2.78. The van der Waals surface area contributed by atoms with Crippen LogP contribution in [0.25, 0.3) is 11.3 Å². The summed E-state index contributed by atoms with van der Waals surface area (Å²) in [5.74, 6) is 5.04. The molecule has 0 saturated carbocycles. The molecule has 6 heteroatoms. The van der Waals surface area contributed by atoms with Crippen LogP contribution in [0.1, 0.15) is 5.69 Å². The number of hydrogen-bond donors (Lipinski definition) is 2.